The van der Waals surface area contributed by atoms with E-state index in [2.05, 4.69) is 5.32 Å². The van der Waals surface area contributed by atoms with Gasteiger partial charge in [0.1, 0.15) is 11.4 Å². The molecule has 154 valence electrons. The highest BCUT2D eigenvalue weighted by Crippen LogP contribution is 2.39. The fraction of sp³-hybridized carbons (Fsp3) is 0.550. The Bertz CT molecular complexity index is 758. The first-order chi connectivity index (χ1) is 12.7. The van der Waals surface area contributed by atoms with E-state index >= 15 is 0 Å². The predicted molar refractivity (Wildman–Crippen MR) is 110 cm³/mol. The van der Waals surface area contributed by atoms with Gasteiger partial charge in [-0.3, -0.25) is 0 Å². The Morgan fingerprint density at radius 1 is 1.25 bits per heavy atom. The topological polar surface area (TPSA) is 56.8 Å². The Hall–Kier alpha value is -1.57. The summed E-state index contributed by atoms with van der Waals surface area (Å²) >= 11 is 5.89. The zero-order valence-electron chi connectivity index (χ0n) is 17.5. The van der Waals surface area contributed by atoms with Crippen LogP contribution in [0.25, 0.3) is 6.08 Å². The van der Waals surface area contributed by atoms with E-state index in [1.54, 1.807) is 39.0 Å². The number of hydrogen-bond acceptors (Lipinski definition) is 4. The molecule has 5 nitrogen and oxygen atoms in total. The second kappa shape index (κ2) is 8.05. The average molecular weight is 412 g/mol. The summed E-state index contributed by atoms with van der Waals surface area (Å²) in [6.45, 7) is 13.1. The number of amides is 1. The molecule has 1 N–H and O–H groups in total. The fourth-order valence-electron chi connectivity index (χ4n) is 2.52. The van der Waals surface area contributed by atoms with Crippen molar-refractivity contribution >= 4 is 30.9 Å². The molecular weight excluding hydrogens is 383 g/mol. The van der Waals surface area contributed by atoms with Crippen molar-refractivity contribution in [3.63, 3.8) is 0 Å². The minimum atomic E-state index is -0.752. The normalized spacial score (nSPS) is 18.9. The summed E-state index contributed by atoms with van der Waals surface area (Å²) in [5.74, 6) is -0.546. The van der Waals surface area contributed by atoms with Gasteiger partial charge in [0, 0.05) is 12.1 Å². The number of benzene rings is 1. The lowest BCUT2D eigenvalue weighted by Crippen LogP contribution is -2.41. The van der Waals surface area contributed by atoms with Crippen LogP contribution in [0.15, 0.2) is 23.7 Å². The Morgan fingerprint density at radius 2 is 1.82 bits per heavy atom. The first kappa shape index (κ1) is 22.7. The molecule has 1 fully saturated rings. The van der Waals surface area contributed by atoms with Gasteiger partial charge in [-0.25, -0.2) is 9.18 Å². The van der Waals surface area contributed by atoms with Crippen LogP contribution in [-0.4, -0.2) is 36.6 Å². The highest BCUT2D eigenvalue weighted by molar-refractivity contribution is 6.56. The van der Waals surface area contributed by atoms with Crippen molar-refractivity contribution < 1.29 is 23.2 Å². The first-order valence-corrected chi connectivity index (χ1v) is 9.57. The molecule has 0 atom stereocenters. The van der Waals surface area contributed by atoms with E-state index in [1.807, 2.05) is 27.7 Å². The molecular formula is C20H28BClFNO4. The van der Waals surface area contributed by atoms with Crippen molar-refractivity contribution in [1.29, 1.82) is 0 Å². The zero-order valence-corrected chi connectivity index (χ0v) is 18.2. The Morgan fingerprint density at radius 3 is 2.36 bits per heavy atom. The van der Waals surface area contributed by atoms with Crippen LogP contribution in [0.1, 0.15) is 54.0 Å². The molecule has 2 rings (SSSR count). The molecule has 28 heavy (non-hydrogen) atoms. The number of nitrogens with one attached hydrogen (secondary N) is 1. The van der Waals surface area contributed by atoms with E-state index in [9.17, 15) is 9.18 Å². The number of ether oxygens (including phenoxy) is 1. The monoisotopic (exact) mass is 411 g/mol. The van der Waals surface area contributed by atoms with Gasteiger partial charge in [0.25, 0.3) is 0 Å². The number of carbonyl (C=O) groups is 1. The third-order valence-electron chi connectivity index (χ3n) is 4.71. The molecule has 0 aromatic heterocycles. The maximum Gasteiger partial charge on any atom is 0.492 e. The van der Waals surface area contributed by atoms with E-state index in [0.29, 0.717) is 5.47 Å². The summed E-state index contributed by atoms with van der Waals surface area (Å²) in [5.41, 5.74) is -0.948. The van der Waals surface area contributed by atoms with Crippen LogP contribution in [-0.2, 0) is 14.0 Å². The van der Waals surface area contributed by atoms with Crippen molar-refractivity contribution in [3.8, 4) is 0 Å². The summed E-state index contributed by atoms with van der Waals surface area (Å²) in [4.78, 5) is 12.1. The maximum absolute atomic E-state index is 14.4. The highest BCUT2D eigenvalue weighted by atomic mass is 35.5. The molecule has 0 radical (unpaired) electrons. The van der Waals surface area contributed by atoms with E-state index in [0.717, 1.165) is 0 Å². The largest absolute Gasteiger partial charge is 0.492 e. The second-order valence-electron chi connectivity index (χ2n) is 8.81. The van der Waals surface area contributed by atoms with Gasteiger partial charge in [0.2, 0.25) is 0 Å². The molecule has 1 amide bonds. The van der Waals surface area contributed by atoms with Crippen LogP contribution in [0.2, 0.25) is 5.02 Å². The lowest BCUT2D eigenvalue weighted by Gasteiger charge is -2.32. The summed E-state index contributed by atoms with van der Waals surface area (Å²) in [6.07, 6.45) is 1.00. The van der Waals surface area contributed by atoms with Crippen molar-refractivity contribution in [3.05, 3.63) is 40.1 Å². The molecule has 0 unspecified atom stereocenters. The van der Waals surface area contributed by atoms with Crippen LogP contribution in [0.3, 0.4) is 0 Å². The van der Waals surface area contributed by atoms with E-state index in [1.165, 1.54) is 6.07 Å². The lowest BCUT2D eigenvalue weighted by atomic mass is 9.77. The molecule has 1 heterocycles. The Kier molecular flexibility index (Phi) is 6.53. The molecule has 1 aromatic carbocycles. The number of carbonyl (C=O) groups excluding carboxylic acids is 1. The standard InChI is InChI=1S/C20H28BClFNO4/c1-18(2,3)26-17(25)24-12-14(11-13-9-8-10-15(22)16(13)23)21-27-19(4,5)20(6,7)28-21/h8-11H,12H2,1-7H3,(H,24,25). The molecule has 1 saturated heterocycles. The summed E-state index contributed by atoms with van der Waals surface area (Å²) in [7, 11) is -0.752. The molecule has 0 spiro atoms. The Labute approximate surface area is 171 Å². The number of hydrogen-bond donors (Lipinski definition) is 1. The van der Waals surface area contributed by atoms with Crippen molar-refractivity contribution in [2.45, 2.75) is 65.3 Å². The van der Waals surface area contributed by atoms with Gasteiger partial charge in [0.15, 0.2) is 0 Å². The van der Waals surface area contributed by atoms with Crippen LogP contribution >= 0.6 is 11.6 Å². The molecule has 1 aliphatic rings. The SMILES string of the molecule is CC(C)(C)OC(=O)NCC(=Cc1cccc(Cl)c1F)B1OC(C)(C)C(C)(C)O1. The van der Waals surface area contributed by atoms with E-state index < -0.39 is 35.8 Å². The van der Waals surface area contributed by atoms with Crippen LogP contribution < -0.4 is 5.32 Å². The van der Waals surface area contributed by atoms with Gasteiger partial charge in [-0.15, -0.1) is 0 Å². The maximum atomic E-state index is 14.4. The smallest absolute Gasteiger partial charge is 0.444 e. The number of halogens is 2. The zero-order chi connectivity index (χ0) is 21.3. The van der Waals surface area contributed by atoms with Gasteiger partial charge >= 0.3 is 13.2 Å². The van der Waals surface area contributed by atoms with E-state index in [-0.39, 0.29) is 17.1 Å². The third kappa shape index (κ3) is 5.49. The van der Waals surface area contributed by atoms with Gasteiger partial charge in [0.05, 0.1) is 16.2 Å². The average Bonchev–Trinajstić information content (AvgIpc) is 2.74. The van der Waals surface area contributed by atoms with Gasteiger partial charge in [-0.1, -0.05) is 29.8 Å². The summed E-state index contributed by atoms with van der Waals surface area (Å²) < 4.78 is 31.8. The quantitative estimate of drug-likeness (QED) is 0.707. The summed E-state index contributed by atoms with van der Waals surface area (Å²) in [5, 5.41) is 2.70. The first-order valence-electron chi connectivity index (χ1n) is 9.19. The fourth-order valence-corrected chi connectivity index (χ4v) is 2.70. The predicted octanol–water partition coefficient (Wildman–Crippen LogP) is 5.02. The van der Waals surface area contributed by atoms with Crippen LogP contribution in [0.5, 0.6) is 0 Å². The Balaban J connectivity index is 2.30. The van der Waals surface area contributed by atoms with Crippen LogP contribution in [0, 0.1) is 5.82 Å². The lowest BCUT2D eigenvalue weighted by molar-refractivity contribution is 0.00578. The summed E-state index contributed by atoms with van der Waals surface area (Å²) in [6, 6.07) is 4.72. The molecule has 1 aromatic rings. The number of rotatable bonds is 4. The molecule has 1 aliphatic heterocycles. The van der Waals surface area contributed by atoms with Crippen molar-refractivity contribution in [2.24, 2.45) is 0 Å². The van der Waals surface area contributed by atoms with Gasteiger partial charge in [-0.05, 0) is 60.0 Å². The minimum Gasteiger partial charge on any atom is -0.444 e. The molecule has 0 aliphatic carbocycles. The van der Waals surface area contributed by atoms with Crippen molar-refractivity contribution in [2.75, 3.05) is 6.54 Å². The number of alkyl carbamates (subject to hydrolysis) is 1. The van der Waals surface area contributed by atoms with Crippen LogP contribution in [0.4, 0.5) is 9.18 Å². The molecule has 0 bridgehead atoms. The highest BCUT2D eigenvalue weighted by Gasteiger charge is 2.52. The molecule has 8 heteroatoms. The van der Waals surface area contributed by atoms with Gasteiger partial charge < -0.3 is 19.4 Å². The second-order valence-corrected chi connectivity index (χ2v) is 9.21. The molecule has 0 saturated carbocycles. The third-order valence-corrected chi connectivity index (χ3v) is 5.01. The van der Waals surface area contributed by atoms with E-state index in [4.69, 9.17) is 25.6 Å². The van der Waals surface area contributed by atoms with Crippen molar-refractivity contribution in [1.82, 2.24) is 5.32 Å². The minimum absolute atomic E-state index is 0.0159. The van der Waals surface area contributed by atoms with Gasteiger partial charge in [-0.2, -0.15) is 0 Å².